The Bertz CT molecular complexity index is 914. The smallest absolute Gasteiger partial charge is 0.334 e. The van der Waals surface area contributed by atoms with Gasteiger partial charge in [-0.3, -0.25) is 4.79 Å². The van der Waals surface area contributed by atoms with E-state index in [1.54, 1.807) is 27.7 Å². The molecule has 0 aromatic rings. The molecule has 2 bridgehead atoms. The molecule has 1 fully saturated rings. The van der Waals surface area contributed by atoms with Crippen LogP contribution in [-0.4, -0.2) is 56.4 Å². The molecule has 32 heavy (non-hydrogen) atoms. The Morgan fingerprint density at radius 3 is 2.31 bits per heavy atom. The van der Waals surface area contributed by atoms with Crippen molar-refractivity contribution in [3.8, 4) is 12.1 Å². The lowest BCUT2D eigenvalue weighted by Crippen LogP contribution is -2.72. The summed E-state index contributed by atoms with van der Waals surface area (Å²) in [7, 11) is 0. The Morgan fingerprint density at radius 1 is 1.06 bits per heavy atom. The summed E-state index contributed by atoms with van der Waals surface area (Å²) < 4.78 is 28.6. The Morgan fingerprint density at radius 2 is 1.75 bits per heavy atom. The Balaban J connectivity index is 2.36. The molecule has 4 aliphatic rings. The maximum Gasteiger partial charge on any atom is 0.334 e. The molecule has 9 nitrogen and oxygen atoms in total. The van der Waals surface area contributed by atoms with Crippen LogP contribution in [0.25, 0.3) is 0 Å². The summed E-state index contributed by atoms with van der Waals surface area (Å²) in [6.07, 6.45) is 1.42. The summed E-state index contributed by atoms with van der Waals surface area (Å²) >= 11 is 0. The van der Waals surface area contributed by atoms with Crippen LogP contribution in [0, 0.1) is 39.9 Å². The monoisotopic (exact) mass is 444 g/mol. The lowest BCUT2D eigenvalue weighted by atomic mass is 9.49. The van der Waals surface area contributed by atoms with Gasteiger partial charge in [-0.2, -0.15) is 10.5 Å². The number of esters is 2. The van der Waals surface area contributed by atoms with E-state index >= 15 is 0 Å². The third-order valence-electron chi connectivity index (χ3n) is 6.21. The number of nitrogens with zero attached hydrogens (tertiary/aromatic N) is 2. The first kappa shape index (κ1) is 23.9. The lowest BCUT2D eigenvalue weighted by molar-refractivity contribution is -0.298. The van der Waals surface area contributed by atoms with Gasteiger partial charge >= 0.3 is 11.9 Å². The van der Waals surface area contributed by atoms with Crippen LogP contribution in [0.15, 0.2) is 23.3 Å². The lowest BCUT2D eigenvalue weighted by Gasteiger charge is -2.60. The van der Waals surface area contributed by atoms with Gasteiger partial charge in [0.1, 0.15) is 11.5 Å². The molecule has 0 unspecified atom stereocenters. The molecule has 0 aromatic carbocycles. The van der Waals surface area contributed by atoms with Crippen molar-refractivity contribution in [3.63, 3.8) is 0 Å². The molecule has 0 N–H and O–H groups in total. The number of hydrogen-bond acceptors (Lipinski definition) is 9. The minimum Gasteiger partial charge on any atom is -0.465 e. The average Bonchev–Trinajstić information content (AvgIpc) is 2.79. The van der Waals surface area contributed by atoms with Gasteiger partial charge < -0.3 is 23.7 Å². The Hall–Kier alpha value is -2.72. The van der Waals surface area contributed by atoms with E-state index in [1.807, 2.05) is 0 Å². The molecule has 2 aliphatic carbocycles. The highest BCUT2D eigenvalue weighted by molar-refractivity contribution is 5.93. The average molecular weight is 444 g/mol. The first-order valence-corrected chi connectivity index (χ1v) is 10.9. The third kappa shape index (κ3) is 3.41. The maximum atomic E-state index is 13.5. The molecule has 2 aliphatic heterocycles. The van der Waals surface area contributed by atoms with Crippen LogP contribution in [0.3, 0.4) is 0 Å². The summed E-state index contributed by atoms with van der Waals surface area (Å²) in [5.74, 6) is -2.81. The van der Waals surface area contributed by atoms with Crippen molar-refractivity contribution >= 4 is 11.9 Å². The van der Waals surface area contributed by atoms with Gasteiger partial charge in [0.15, 0.2) is 11.9 Å². The zero-order valence-corrected chi connectivity index (χ0v) is 18.8. The van der Waals surface area contributed by atoms with Crippen LogP contribution in [0.1, 0.15) is 34.1 Å². The Kier molecular flexibility index (Phi) is 7.04. The molecule has 4 rings (SSSR count). The minimum atomic E-state index is -1.95. The third-order valence-corrected chi connectivity index (χ3v) is 6.21. The van der Waals surface area contributed by atoms with E-state index in [-0.39, 0.29) is 37.4 Å². The molecule has 0 aromatic heterocycles. The van der Waals surface area contributed by atoms with Crippen LogP contribution in [0.5, 0.6) is 0 Å². The molecule has 0 saturated carbocycles. The van der Waals surface area contributed by atoms with Crippen molar-refractivity contribution in [3.05, 3.63) is 23.3 Å². The van der Waals surface area contributed by atoms with Gasteiger partial charge in [0.2, 0.25) is 0 Å². The number of carbonyl (C=O) groups is 2. The molecule has 0 spiro atoms. The highest BCUT2D eigenvalue weighted by Gasteiger charge is 2.75. The Labute approximate surface area is 187 Å². The van der Waals surface area contributed by atoms with E-state index in [9.17, 15) is 20.1 Å². The summed E-state index contributed by atoms with van der Waals surface area (Å²) in [6, 6.07) is 4.21. The van der Waals surface area contributed by atoms with Gasteiger partial charge in [-0.05, 0) is 39.8 Å². The predicted octanol–water partition coefficient (Wildman–Crippen LogP) is 2.19. The van der Waals surface area contributed by atoms with E-state index in [1.165, 1.54) is 12.2 Å². The first-order chi connectivity index (χ1) is 15.4. The van der Waals surface area contributed by atoms with E-state index in [4.69, 9.17) is 23.7 Å². The fraction of sp³-hybridized carbons (Fsp3) is 0.652. The van der Waals surface area contributed by atoms with Crippen LogP contribution in [0.4, 0.5) is 0 Å². The van der Waals surface area contributed by atoms with Crippen molar-refractivity contribution < 1.29 is 33.3 Å². The maximum absolute atomic E-state index is 13.5. The van der Waals surface area contributed by atoms with Crippen molar-refractivity contribution in [1.82, 2.24) is 0 Å². The fourth-order valence-electron chi connectivity index (χ4n) is 5.18. The number of rotatable bonds is 8. The second kappa shape index (κ2) is 9.41. The number of carbonyl (C=O) groups excluding carboxylic acids is 2. The van der Waals surface area contributed by atoms with Gasteiger partial charge in [0.25, 0.3) is 0 Å². The molecule has 6 atom stereocenters. The zero-order valence-electron chi connectivity index (χ0n) is 18.8. The number of hydrogen-bond donors (Lipinski definition) is 0. The number of nitriles is 2. The SMILES string of the molecule is CCOC(=O)C1=C[C@@]2(C#N)O[C@@H](OCC)[C@H]1[C@H]1[C@@H](OCC)CC(C#N)=C[C@@]12C(=O)OCC. The summed E-state index contributed by atoms with van der Waals surface area (Å²) in [5, 5.41) is 20.1. The van der Waals surface area contributed by atoms with Gasteiger partial charge in [0, 0.05) is 42.6 Å². The molecular formula is C23H28N2O7. The summed E-state index contributed by atoms with van der Waals surface area (Å²) in [4.78, 5) is 26.5. The van der Waals surface area contributed by atoms with Crippen molar-refractivity contribution in [2.24, 2.45) is 17.3 Å². The minimum absolute atomic E-state index is 0.0673. The second-order valence-electron chi connectivity index (χ2n) is 7.73. The van der Waals surface area contributed by atoms with Gasteiger partial charge in [-0.1, -0.05) is 0 Å². The second-order valence-corrected chi connectivity index (χ2v) is 7.73. The first-order valence-electron chi connectivity index (χ1n) is 10.9. The molecule has 172 valence electrons. The van der Waals surface area contributed by atoms with E-state index in [2.05, 4.69) is 12.1 Å². The molecular weight excluding hydrogens is 416 g/mol. The normalized spacial score (nSPS) is 34.9. The quantitative estimate of drug-likeness (QED) is 0.517. The van der Waals surface area contributed by atoms with Crippen LogP contribution in [-0.2, 0) is 33.3 Å². The van der Waals surface area contributed by atoms with Crippen LogP contribution < -0.4 is 0 Å². The topological polar surface area (TPSA) is 128 Å². The fourth-order valence-corrected chi connectivity index (χ4v) is 5.18. The zero-order chi connectivity index (χ0) is 23.5. The largest absolute Gasteiger partial charge is 0.465 e. The summed E-state index contributed by atoms with van der Waals surface area (Å²) in [6.45, 7) is 7.69. The molecule has 9 heteroatoms. The number of ether oxygens (including phenoxy) is 5. The highest BCUT2D eigenvalue weighted by Crippen LogP contribution is 2.63. The number of fused-ring (bicyclic) bond motifs is 1. The molecule has 0 amide bonds. The molecule has 0 radical (unpaired) electrons. The van der Waals surface area contributed by atoms with Crippen molar-refractivity contribution in [1.29, 1.82) is 10.5 Å². The van der Waals surface area contributed by atoms with Crippen LogP contribution >= 0.6 is 0 Å². The van der Waals surface area contributed by atoms with E-state index in [0.717, 1.165) is 0 Å². The summed E-state index contributed by atoms with van der Waals surface area (Å²) in [5.41, 5.74) is -3.13. The van der Waals surface area contributed by atoms with E-state index in [0.29, 0.717) is 6.61 Å². The molecule has 2 heterocycles. The van der Waals surface area contributed by atoms with Gasteiger partial charge in [-0.25, -0.2) is 4.79 Å². The predicted molar refractivity (Wildman–Crippen MR) is 109 cm³/mol. The van der Waals surface area contributed by atoms with E-state index < -0.39 is 47.2 Å². The highest BCUT2D eigenvalue weighted by atomic mass is 16.7. The van der Waals surface area contributed by atoms with Gasteiger partial charge in [0.05, 0.1) is 25.4 Å². The van der Waals surface area contributed by atoms with Gasteiger partial charge in [-0.15, -0.1) is 0 Å². The van der Waals surface area contributed by atoms with Crippen LogP contribution in [0.2, 0.25) is 0 Å². The van der Waals surface area contributed by atoms with Crippen molar-refractivity contribution in [2.75, 3.05) is 26.4 Å². The van der Waals surface area contributed by atoms with Crippen molar-refractivity contribution in [2.45, 2.75) is 52.1 Å². The molecule has 1 saturated heterocycles. The standard InChI is InChI=1S/C23H28N2O7/c1-5-28-16-9-14(12-24)10-23(21(27)31-8-4)18(16)17-15(19(26)29-6-2)11-22(23,13-25)32-20(17)30-7-3/h10-11,16-18,20H,5-9H2,1-4H3/t16-,17+,18+,20+,22-,23-/m0/s1.